The number of aromatic nitrogens is 2. The van der Waals surface area contributed by atoms with Gasteiger partial charge in [0.1, 0.15) is 5.41 Å². The summed E-state index contributed by atoms with van der Waals surface area (Å²) in [6.07, 6.45) is 2.52. The van der Waals surface area contributed by atoms with Crippen LogP contribution in [0.3, 0.4) is 0 Å². The van der Waals surface area contributed by atoms with E-state index in [2.05, 4.69) is 5.10 Å². The Balaban J connectivity index is 2.07. The summed E-state index contributed by atoms with van der Waals surface area (Å²) in [5, 5.41) is 15.0. The van der Waals surface area contributed by atoms with E-state index >= 15 is 0 Å². The van der Waals surface area contributed by atoms with Crippen molar-refractivity contribution in [2.75, 3.05) is 0 Å². The highest BCUT2D eigenvalue weighted by Crippen LogP contribution is 2.38. The average molecular weight is 286 g/mol. The fourth-order valence-electron chi connectivity index (χ4n) is 3.28. The van der Waals surface area contributed by atoms with Crippen molar-refractivity contribution < 1.29 is 14.7 Å². The van der Waals surface area contributed by atoms with Crippen molar-refractivity contribution in [2.24, 2.45) is 12.5 Å². The Morgan fingerprint density at radius 1 is 1.38 bits per heavy atom. The van der Waals surface area contributed by atoms with Crippen LogP contribution in [0, 0.1) is 5.41 Å². The van der Waals surface area contributed by atoms with Crippen LogP contribution in [0.1, 0.15) is 31.4 Å². The first kappa shape index (κ1) is 13.8. The van der Waals surface area contributed by atoms with E-state index in [1.54, 1.807) is 4.68 Å². The fourth-order valence-corrected chi connectivity index (χ4v) is 3.28. The van der Waals surface area contributed by atoms with E-state index in [9.17, 15) is 14.7 Å². The molecule has 0 aliphatic heterocycles. The van der Waals surface area contributed by atoms with Gasteiger partial charge in [0.25, 0.3) is 0 Å². The van der Waals surface area contributed by atoms with Gasteiger partial charge < -0.3 is 5.11 Å². The quantitative estimate of drug-likeness (QED) is 0.879. The third kappa shape index (κ3) is 2.13. The molecule has 0 saturated heterocycles. The number of carboxylic acids is 1. The summed E-state index contributed by atoms with van der Waals surface area (Å²) < 4.78 is 1.74. The number of para-hydroxylation sites is 1. The highest BCUT2D eigenvalue weighted by Gasteiger charge is 2.47. The number of carboxylic acid groups (broad SMARTS) is 1. The largest absolute Gasteiger partial charge is 0.480 e. The second-order valence-corrected chi connectivity index (χ2v) is 5.78. The molecule has 3 rings (SSSR count). The lowest BCUT2D eigenvalue weighted by Crippen LogP contribution is -2.43. The van der Waals surface area contributed by atoms with Gasteiger partial charge in [0.05, 0.1) is 11.2 Å². The fraction of sp³-hybridized carbons (Fsp3) is 0.438. The molecule has 1 atom stereocenters. The molecule has 5 heteroatoms. The number of aliphatic carboxylic acids is 1. The number of benzene rings is 1. The molecule has 0 radical (unpaired) electrons. The van der Waals surface area contributed by atoms with Crippen LogP contribution >= 0.6 is 0 Å². The van der Waals surface area contributed by atoms with E-state index in [1.807, 2.05) is 31.3 Å². The average Bonchev–Trinajstić information content (AvgIpc) is 2.78. The molecule has 1 N–H and O–H groups in total. The van der Waals surface area contributed by atoms with E-state index < -0.39 is 11.4 Å². The zero-order chi connectivity index (χ0) is 15.0. The maximum Gasteiger partial charge on any atom is 0.317 e. The van der Waals surface area contributed by atoms with Crippen LogP contribution in [-0.4, -0.2) is 26.6 Å². The Bertz CT molecular complexity index is 719. The minimum absolute atomic E-state index is 0.156. The van der Waals surface area contributed by atoms with Crippen LogP contribution in [-0.2, 0) is 23.1 Å². The summed E-state index contributed by atoms with van der Waals surface area (Å²) in [6, 6.07) is 7.71. The Morgan fingerprint density at radius 2 is 2.14 bits per heavy atom. The lowest BCUT2D eigenvalue weighted by molar-refractivity contribution is -0.157. The van der Waals surface area contributed by atoms with E-state index in [-0.39, 0.29) is 12.2 Å². The second kappa shape index (κ2) is 4.98. The van der Waals surface area contributed by atoms with Gasteiger partial charge >= 0.3 is 5.97 Å². The van der Waals surface area contributed by atoms with Crippen molar-refractivity contribution in [1.82, 2.24) is 9.78 Å². The molecule has 1 saturated carbocycles. The van der Waals surface area contributed by atoms with Crippen molar-refractivity contribution in [2.45, 2.75) is 32.1 Å². The Labute approximate surface area is 122 Å². The minimum Gasteiger partial charge on any atom is -0.480 e. The highest BCUT2D eigenvalue weighted by atomic mass is 16.4. The normalized spacial score (nSPS) is 22.6. The first-order chi connectivity index (χ1) is 10.0. The molecule has 1 heterocycles. The predicted octanol–water partition coefficient (Wildman–Crippen LogP) is 2.33. The van der Waals surface area contributed by atoms with Crippen LogP contribution in [0.5, 0.6) is 0 Å². The van der Waals surface area contributed by atoms with Crippen LogP contribution in [0.15, 0.2) is 24.3 Å². The van der Waals surface area contributed by atoms with Crippen LogP contribution < -0.4 is 0 Å². The third-order valence-electron chi connectivity index (χ3n) is 4.50. The number of carbonyl (C=O) groups is 2. The van der Waals surface area contributed by atoms with Gasteiger partial charge in [-0.2, -0.15) is 5.10 Å². The zero-order valence-corrected chi connectivity index (χ0v) is 12.0. The van der Waals surface area contributed by atoms with Gasteiger partial charge in [0.2, 0.25) is 0 Å². The summed E-state index contributed by atoms with van der Waals surface area (Å²) in [7, 11) is 1.84. The number of nitrogens with zero attached hydrogens (tertiary/aromatic N) is 2. The first-order valence-corrected chi connectivity index (χ1v) is 7.22. The lowest BCUT2D eigenvalue weighted by atomic mass is 9.70. The highest BCUT2D eigenvalue weighted by molar-refractivity contribution is 6.04. The van der Waals surface area contributed by atoms with Crippen molar-refractivity contribution in [3.05, 3.63) is 30.0 Å². The smallest absolute Gasteiger partial charge is 0.317 e. The number of fused-ring (bicyclic) bond motifs is 1. The molecule has 1 fully saturated rings. The monoisotopic (exact) mass is 286 g/mol. The molecule has 5 nitrogen and oxygen atoms in total. The van der Waals surface area contributed by atoms with E-state index in [0.29, 0.717) is 18.5 Å². The summed E-state index contributed by atoms with van der Waals surface area (Å²) in [4.78, 5) is 24.1. The summed E-state index contributed by atoms with van der Waals surface area (Å²) in [5.41, 5.74) is 0.358. The molecule has 110 valence electrons. The third-order valence-corrected chi connectivity index (χ3v) is 4.50. The van der Waals surface area contributed by atoms with E-state index in [4.69, 9.17) is 0 Å². The lowest BCUT2D eigenvalue weighted by Gasteiger charge is -2.31. The summed E-state index contributed by atoms with van der Waals surface area (Å²) in [6.45, 7) is 0. The van der Waals surface area contributed by atoms with Crippen molar-refractivity contribution >= 4 is 22.7 Å². The number of ketones is 1. The summed E-state index contributed by atoms with van der Waals surface area (Å²) >= 11 is 0. The SMILES string of the molecule is Cn1nc(CC2(C(=O)O)CCCCC2=O)c2ccccc21. The standard InChI is InChI=1S/C16H18N2O3/c1-18-13-7-3-2-6-11(13)12(17-18)10-16(15(20)21)9-5-4-8-14(16)19/h2-3,6-7H,4-5,8-10H2,1H3,(H,20,21). The van der Waals surface area contributed by atoms with Crippen molar-refractivity contribution in [3.8, 4) is 0 Å². The molecule has 1 aliphatic rings. The molecular weight excluding hydrogens is 268 g/mol. The van der Waals surface area contributed by atoms with Crippen LogP contribution in [0.25, 0.3) is 10.9 Å². The molecular formula is C16H18N2O3. The van der Waals surface area contributed by atoms with Gasteiger partial charge in [-0.05, 0) is 18.9 Å². The number of Topliss-reactive ketones (excluding diaryl/α,β-unsaturated/α-hetero) is 1. The van der Waals surface area contributed by atoms with Gasteiger partial charge in [0, 0.05) is 25.3 Å². The number of hydrogen-bond donors (Lipinski definition) is 1. The maximum absolute atomic E-state index is 12.3. The van der Waals surface area contributed by atoms with Gasteiger partial charge in [-0.15, -0.1) is 0 Å². The molecule has 1 aliphatic carbocycles. The second-order valence-electron chi connectivity index (χ2n) is 5.78. The Morgan fingerprint density at radius 3 is 2.86 bits per heavy atom. The number of carbonyl (C=O) groups excluding carboxylic acids is 1. The molecule has 21 heavy (non-hydrogen) atoms. The van der Waals surface area contributed by atoms with Crippen LogP contribution in [0.4, 0.5) is 0 Å². The topological polar surface area (TPSA) is 72.2 Å². The first-order valence-electron chi connectivity index (χ1n) is 7.22. The molecule has 0 bridgehead atoms. The molecule has 0 amide bonds. The molecule has 0 spiro atoms. The Hall–Kier alpha value is -2.17. The van der Waals surface area contributed by atoms with Gasteiger partial charge in [-0.3, -0.25) is 14.3 Å². The van der Waals surface area contributed by atoms with Crippen LogP contribution in [0.2, 0.25) is 0 Å². The van der Waals surface area contributed by atoms with Gasteiger partial charge in [-0.25, -0.2) is 0 Å². The van der Waals surface area contributed by atoms with Crippen molar-refractivity contribution in [3.63, 3.8) is 0 Å². The van der Waals surface area contributed by atoms with E-state index in [0.717, 1.165) is 23.7 Å². The number of rotatable bonds is 3. The van der Waals surface area contributed by atoms with Crippen molar-refractivity contribution in [1.29, 1.82) is 0 Å². The maximum atomic E-state index is 12.3. The molecule has 1 aromatic heterocycles. The number of hydrogen-bond acceptors (Lipinski definition) is 3. The predicted molar refractivity (Wildman–Crippen MR) is 78.0 cm³/mol. The van der Waals surface area contributed by atoms with E-state index in [1.165, 1.54) is 0 Å². The molecule has 1 aromatic carbocycles. The zero-order valence-electron chi connectivity index (χ0n) is 12.0. The van der Waals surface area contributed by atoms with Gasteiger partial charge in [0.15, 0.2) is 5.78 Å². The number of aryl methyl sites for hydroxylation is 1. The van der Waals surface area contributed by atoms with Gasteiger partial charge in [-0.1, -0.05) is 24.6 Å². The minimum atomic E-state index is -1.30. The molecule has 2 aromatic rings. The summed E-state index contributed by atoms with van der Waals surface area (Å²) in [5.74, 6) is -1.17. The molecule has 1 unspecified atom stereocenters. The Kier molecular flexibility index (Phi) is 3.27.